The SMILES string of the molecule is C=CCc1c(CC)nc(-c2ccc(C=Cc3ccc(OC)cc3)s2)nc1Nc1ccc(CC(=O)O)cc1. The van der Waals surface area contributed by atoms with Gasteiger partial charge >= 0.3 is 5.97 Å². The number of rotatable bonds is 11. The number of anilines is 2. The van der Waals surface area contributed by atoms with Gasteiger partial charge in [-0.2, -0.15) is 0 Å². The van der Waals surface area contributed by atoms with E-state index in [0.717, 1.165) is 55.8 Å². The third-order valence-electron chi connectivity index (χ3n) is 5.75. The second-order valence-electron chi connectivity index (χ2n) is 8.37. The predicted octanol–water partition coefficient (Wildman–Crippen LogP) is 7.05. The van der Waals surface area contributed by atoms with Gasteiger partial charge in [0.1, 0.15) is 11.6 Å². The summed E-state index contributed by atoms with van der Waals surface area (Å²) in [6.45, 7) is 5.99. The molecular weight excluding hydrogens is 482 g/mol. The van der Waals surface area contributed by atoms with E-state index in [1.165, 1.54) is 0 Å². The zero-order valence-corrected chi connectivity index (χ0v) is 21.7. The molecule has 4 aromatic rings. The van der Waals surface area contributed by atoms with Gasteiger partial charge < -0.3 is 15.2 Å². The van der Waals surface area contributed by atoms with Crippen molar-refractivity contribution in [2.24, 2.45) is 0 Å². The van der Waals surface area contributed by atoms with Gasteiger partial charge in [0.2, 0.25) is 0 Å². The van der Waals surface area contributed by atoms with E-state index < -0.39 is 5.97 Å². The van der Waals surface area contributed by atoms with Crippen LogP contribution in [0, 0.1) is 0 Å². The first-order valence-corrected chi connectivity index (χ1v) is 12.8. The van der Waals surface area contributed by atoms with Crippen molar-refractivity contribution in [3.05, 3.63) is 101 Å². The summed E-state index contributed by atoms with van der Waals surface area (Å²) in [5.74, 6) is 1.39. The monoisotopic (exact) mass is 511 g/mol. The first-order chi connectivity index (χ1) is 18.0. The number of aromatic nitrogens is 2. The van der Waals surface area contributed by atoms with Gasteiger partial charge in [-0.1, -0.05) is 43.3 Å². The highest BCUT2D eigenvalue weighted by Crippen LogP contribution is 2.31. The summed E-state index contributed by atoms with van der Waals surface area (Å²) < 4.78 is 5.22. The van der Waals surface area contributed by atoms with Crippen LogP contribution in [0.2, 0.25) is 0 Å². The van der Waals surface area contributed by atoms with Gasteiger partial charge in [0.05, 0.1) is 18.4 Å². The number of carboxylic acid groups (broad SMARTS) is 1. The molecule has 0 saturated heterocycles. The number of thiophene rings is 1. The van der Waals surface area contributed by atoms with Gasteiger partial charge in [-0.05, 0) is 66.4 Å². The smallest absolute Gasteiger partial charge is 0.307 e. The zero-order chi connectivity index (χ0) is 26.2. The second-order valence-corrected chi connectivity index (χ2v) is 9.48. The molecule has 188 valence electrons. The van der Waals surface area contributed by atoms with E-state index in [4.69, 9.17) is 19.8 Å². The summed E-state index contributed by atoms with van der Waals surface area (Å²) in [4.78, 5) is 22.9. The topological polar surface area (TPSA) is 84.3 Å². The Morgan fingerprint density at radius 1 is 1.05 bits per heavy atom. The molecule has 0 spiro atoms. The van der Waals surface area contributed by atoms with Crippen LogP contribution in [0.25, 0.3) is 22.9 Å². The van der Waals surface area contributed by atoms with Crippen molar-refractivity contribution < 1.29 is 14.6 Å². The summed E-state index contributed by atoms with van der Waals surface area (Å²) in [6, 6.07) is 19.4. The minimum absolute atomic E-state index is 0.00669. The number of hydrogen-bond donors (Lipinski definition) is 2. The number of carbonyl (C=O) groups is 1. The zero-order valence-electron chi connectivity index (χ0n) is 20.9. The fraction of sp³-hybridized carbons (Fsp3) is 0.167. The van der Waals surface area contributed by atoms with Crippen molar-refractivity contribution in [3.63, 3.8) is 0 Å². The molecule has 7 heteroatoms. The Morgan fingerprint density at radius 3 is 2.46 bits per heavy atom. The molecule has 0 aliphatic rings. The summed E-state index contributed by atoms with van der Waals surface area (Å²) in [6.07, 6.45) is 7.41. The molecule has 37 heavy (non-hydrogen) atoms. The van der Waals surface area contributed by atoms with E-state index in [1.54, 1.807) is 18.4 Å². The standard InChI is InChI=1S/C30H29N3O3S/c1-4-6-25-26(5-2)32-30(33-29(25)31-22-12-7-21(8-13-22)19-28(34)35)27-18-17-24(37-27)16-11-20-9-14-23(36-3)15-10-20/h4,7-18H,1,5-6,19H2,2-3H3,(H,34,35)(H,31,32,33). The van der Waals surface area contributed by atoms with E-state index in [1.807, 2.05) is 60.7 Å². The van der Waals surface area contributed by atoms with Gasteiger partial charge in [0.25, 0.3) is 0 Å². The van der Waals surface area contributed by atoms with Crippen LogP contribution >= 0.6 is 11.3 Å². The Hall–Kier alpha value is -4.23. The molecule has 0 unspecified atom stereocenters. The molecule has 0 aliphatic carbocycles. The lowest BCUT2D eigenvalue weighted by Gasteiger charge is -2.15. The minimum atomic E-state index is -0.851. The van der Waals surface area contributed by atoms with Gasteiger partial charge in [0.15, 0.2) is 5.82 Å². The number of ether oxygens (including phenoxy) is 1. The molecule has 2 heterocycles. The number of benzene rings is 2. The highest BCUT2D eigenvalue weighted by atomic mass is 32.1. The molecule has 0 radical (unpaired) electrons. The van der Waals surface area contributed by atoms with Crippen LogP contribution < -0.4 is 10.1 Å². The van der Waals surface area contributed by atoms with Gasteiger partial charge in [-0.3, -0.25) is 4.79 Å². The fourth-order valence-electron chi connectivity index (χ4n) is 3.87. The van der Waals surface area contributed by atoms with Crippen LogP contribution in [0.4, 0.5) is 11.5 Å². The predicted molar refractivity (Wildman–Crippen MR) is 152 cm³/mol. The number of hydrogen-bond acceptors (Lipinski definition) is 6. The Morgan fingerprint density at radius 2 is 1.81 bits per heavy atom. The Balaban J connectivity index is 1.61. The Bertz CT molecular complexity index is 1410. The molecule has 0 fully saturated rings. The van der Waals surface area contributed by atoms with E-state index in [0.29, 0.717) is 12.2 Å². The maximum absolute atomic E-state index is 11.0. The molecule has 2 N–H and O–H groups in total. The lowest BCUT2D eigenvalue weighted by Crippen LogP contribution is -2.07. The molecule has 0 bridgehead atoms. The molecular formula is C30H29N3O3S. The van der Waals surface area contributed by atoms with Crippen LogP contribution in [0.1, 0.15) is 34.2 Å². The molecule has 0 aliphatic heterocycles. The average molecular weight is 512 g/mol. The number of aliphatic carboxylic acids is 1. The second kappa shape index (κ2) is 12.1. The van der Waals surface area contributed by atoms with Crippen LogP contribution in [0.15, 0.2) is 73.3 Å². The highest BCUT2D eigenvalue weighted by Gasteiger charge is 2.15. The lowest BCUT2D eigenvalue weighted by atomic mass is 10.1. The van der Waals surface area contributed by atoms with E-state index in [-0.39, 0.29) is 6.42 Å². The fourth-order valence-corrected chi connectivity index (χ4v) is 4.71. The first kappa shape index (κ1) is 25.9. The van der Waals surface area contributed by atoms with E-state index >= 15 is 0 Å². The first-order valence-electron chi connectivity index (χ1n) is 12.0. The van der Waals surface area contributed by atoms with Crippen LogP contribution in [-0.2, 0) is 24.1 Å². The van der Waals surface area contributed by atoms with Crippen LogP contribution in [-0.4, -0.2) is 28.2 Å². The molecule has 0 saturated carbocycles. The summed E-state index contributed by atoms with van der Waals surface area (Å²) in [5.41, 5.74) is 4.65. The minimum Gasteiger partial charge on any atom is -0.497 e. The highest BCUT2D eigenvalue weighted by molar-refractivity contribution is 7.16. The summed E-state index contributed by atoms with van der Waals surface area (Å²) in [5, 5.41) is 12.4. The van der Waals surface area contributed by atoms with Crippen molar-refractivity contribution in [1.82, 2.24) is 9.97 Å². The van der Waals surface area contributed by atoms with Crippen molar-refractivity contribution in [1.29, 1.82) is 0 Å². The number of carboxylic acids is 1. The van der Waals surface area contributed by atoms with Gasteiger partial charge in [0, 0.05) is 21.8 Å². The molecule has 4 rings (SSSR count). The largest absolute Gasteiger partial charge is 0.497 e. The maximum Gasteiger partial charge on any atom is 0.307 e. The average Bonchev–Trinajstić information content (AvgIpc) is 3.38. The summed E-state index contributed by atoms with van der Waals surface area (Å²) >= 11 is 1.63. The number of methoxy groups -OCH3 is 1. The van der Waals surface area contributed by atoms with Crippen LogP contribution in [0.5, 0.6) is 5.75 Å². The molecule has 6 nitrogen and oxygen atoms in total. The third-order valence-corrected chi connectivity index (χ3v) is 6.80. The lowest BCUT2D eigenvalue weighted by molar-refractivity contribution is -0.136. The van der Waals surface area contributed by atoms with Crippen molar-refractivity contribution >= 4 is 41.0 Å². The quantitative estimate of drug-likeness (QED) is 0.210. The van der Waals surface area contributed by atoms with Gasteiger partial charge in [-0.25, -0.2) is 9.97 Å². The Labute approximate surface area is 221 Å². The third kappa shape index (κ3) is 6.71. The Kier molecular flexibility index (Phi) is 8.48. The molecule has 2 aromatic heterocycles. The maximum atomic E-state index is 11.0. The molecule has 0 amide bonds. The van der Waals surface area contributed by atoms with Crippen molar-refractivity contribution in [2.45, 2.75) is 26.2 Å². The normalized spacial score (nSPS) is 11.0. The number of nitrogens with one attached hydrogen (secondary N) is 1. The molecule has 0 atom stereocenters. The van der Waals surface area contributed by atoms with Crippen molar-refractivity contribution in [3.8, 4) is 16.5 Å². The van der Waals surface area contributed by atoms with Crippen molar-refractivity contribution in [2.75, 3.05) is 12.4 Å². The molecule has 2 aromatic carbocycles. The number of nitrogens with zero attached hydrogens (tertiary/aromatic N) is 2. The number of allylic oxidation sites excluding steroid dienone is 1. The van der Waals surface area contributed by atoms with Gasteiger partial charge in [-0.15, -0.1) is 17.9 Å². The van der Waals surface area contributed by atoms with E-state index in [9.17, 15) is 4.79 Å². The van der Waals surface area contributed by atoms with E-state index in [2.05, 4.69) is 37.0 Å². The summed E-state index contributed by atoms with van der Waals surface area (Å²) in [7, 11) is 1.66. The van der Waals surface area contributed by atoms with Crippen LogP contribution in [0.3, 0.4) is 0 Å². The number of aryl methyl sites for hydroxylation is 1.